The smallest absolute Gasteiger partial charge is 0.243 e. The van der Waals surface area contributed by atoms with E-state index in [-0.39, 0.29) is 35.0 Å². The van der Waals surface area contributed by atoms with Crippen molar-refractivity contribution >= 4 is 27.5 Å². The number of hydrogen-bond donors (Lipinski definition) is 1. The Bertz CT molecular complexity index is 762. The van der Waals surface area contributed by atoms with Gasteiger partial charge >= 0.3 is 0 Å². The van der Waals surface area contributed by atoms with Crippen molar-refractivity contribution in [3.63, 3.8) is 0 Å². The van der Waals surface area contributed by atoms with Gasteiger partial charge in [-0.25, -0.2) is 12.8 Å². The monoisotopic (exact) mass is 389 g/mol. The number of carbonyl (C=O) groups is 1. The Morgan fingerprint density at radius 1 is 1.28 bits per heavy atom. The van der Waals surface area contributed by atoms with E-state index in [0.717, 1.165) is 25.0 Å². The largest absolute Gasteiger partial charge is 0.352 e. The predicted molar refractivity (Wildman–Crippen MR) is 92.4 cm³/mol. The van der Waals surface area contributed by atoms with E-state index in [4.69, 9.17) is 11.6 Å². The number of hydrogen-bond acceptors (Lipinski definition) is 4. The molecule has 1 aliphatic carbocycles. The van der Waals surface area contributed by atoms with E-state index in [0.29, 0.717) is 19.1 Å². The molecular formula is C16H21ClFN3O3S. The van der Waals surface area contributed by atoms with Gasteiger partial charge in [-0.2, -0.15) is 4.31 Å². The first-order valence-corrected chi connectivity index (χ1v) is 10.1. The number of carbonyl (C=O) groups excluding carboxylic acids is 1. The molecule has 1 aromatic carbocycles. The van der Waals surface area contributed by atoms with Gasteiger partial charge in [0.2, 0.25) is 15.9 Å². The molecule has 1 aliphatic heterocycles. The van der Waals surface area contributed by atoms with Crippen LogP contribution in [-0.2, 0) is 14.8 Å². The fraction of sp³-hybridized carbons (Fsp3) is 0.562. The molecule has 6 nitrogen and oxygen atoms in total. The zero-order valence-electron chi connectivity index (χ0n) is 13.9. The van der Waals surface area contributed by atoms with Crippen molar-refractivity contribution < 1.29 is 17.6 Å². The van der Waals surface area contributed by atoms with Crippen LogP contribution in [-0.4, -0.2) is 61.8 Å². The molecule has 25 heavy (non-hydrogen) atoms. The molecule has 1 atom stereocenters. The van der Waals surface area contributed by atoms with Crippen molar-refractivity contribution in [2.45, 2.75) is 36.7 Å². The van der Waals surface area contributed by atoms with Gasteiger partial charge in [0.25, 0.3) is 0 Å². The van der Waals surface area contributed by atoms with Crippen LogP contribution >= 0.6 is 11.6 Å². The summed E-state index contributed by atoms with van der Waals surface area (Å²) in [5.74, 6) is -0.662. The minimum Gasteiger partial charge on any atom is -0.352 e. The molecule has 1 amide bonds. The van der Waals surface area contributed by atoms with Crippen molar-refractivity contribution in [3.8, 4) is 0 Å². The summed E-state index contributed by atoms with van der Waals surface area (Å²) < 4.78 is 39.9. The summed E-state index contributed by atoms with van der Waals surface area (Å²) in [5.41, 5.74) is 0. The fourth-order valence-electron chi connectivity index (χ4n) is 2.83. The third kappa shape index (κ3) is 4.13. The Kier molecular flexibility index (Phi) is 5.34. The zero-order chi connectivity index (χ0) is 18.2. The Hall–Kier alpha value is -1.22. The highest BCUT2D eigenvalue weighted by molar-refractivity contribution is 7.89. The lowest BCUT2D eigenvalue weighted by molar-refractivity contribution is -0.126. The molecule has 9 heteroatoms. The SMILES string of the molecule is C[C@@H](C(=O)NC1CC1)N1CCN(S(=O)(=O)c2ccc(F)c(Cl)c2)CC1. The van der Waals surface area contributed by atoms with Gasteiger partial charge in [-0.3, -0.25) is 9.69 Å². The lowest BCUT2D eigenvalue weighted by Crippen LogP contribution is -2.55. The van der Waals surface area contributed by atoms with Crippen LogP contribution in [0.3, 0.4) is 0 Å². The van der Waals surface area contributed by atoms with E-state index < -0.39 is 15.8 Å². The van der Waals surface area contributed by atoms with Crippen LogP contribution in [0.1, 0.15) is 19.8 Å². The molecule has 1 saturated carbocycles. The third-order valence-electron chi connectivity index (χ3n) is 4.65. The number of benzene rings is 1. The normalized spacial score (nSPS) is 21.1. The van der Waals surface area contributed by atoms with Crippen molar-refractivity contribution in [2.24, 2.45) is 0 Å². The third-order valence-corrected chi connectivity index (χ3v) is 6.84. The zero-order valence-corrected chi connectivity index (χ0v) is 15.5. The van der Waals surface area contributed by atoms with Crippen LogP contribution in [0.25, 0.3) is 0 Å². The summed E-state index contributed by atoms with van der Waals surface area (Å²) >= 11 is 5.69. The molecule has 138 valence electrons. The van der Waals surface area contributed by atoms with E-state index >= 15 is 0 Å². The number of nitrogens with one attached hydrogen (secondary N) is 1. The molecule has 2 fully saturated rings. The summed E-state index contributed by atoms with van der Waals surface area (Å²) in [6.45, 7) is 3.32. The molecule has 0 bridgehead atoms. The highest BCUT2D eigenvalue weighted by Gasteiger charge is 2.33. The number of sulfonamides is 1. The van der Waals surface area contributed by atoms with Gasteiger partial charge < -0.3 is 5.32 Å². The molecule has 0 spiro atoms. The summed E-state index contributed by atoms with van der Waals surface area (Å²) in [4.78, 5) is 14.1. The standard InChI is InChI=1S/C16H21ClFN3O3S/c1-11(16(22)19-12-2-3-12)20-6-8-21(9-7-20)25(23,24)13-4-5-15(18)14(17)10-13/h4-5,10-12H,2-3,6-9H2,1H3,(H,19,22)/t11-/m0/s1. The van der Waals surface area contributed by atoms with Crippen LogP contribution < -0.4 is 5.32 Å². The summed E-state index contributed by atoms with van der Waals surface area (Å²) in [6.07, 6.45) is 2.06. The van der Waals surface area contributed by atoms with E-state index in [9.17, 15) is 17.6 Å². The van der Waals surface area contributed by atoms with Gasteiger partial charge in [0.05, 0.1) is 16.0 Å². The second-order valence-corrected chi connectivity index (χ2v) is 8.82. The Balaban J connectivity index is 1.62. The van der Waals surface area contributed by atoms with Crippen molar-refractivity contribution in [1.82, 2.24) is 14.5 Å². The molecule has 2 aliphatic rings. The molecule has 1 N–H and O–H groups in total. The Morgan fingerprint density at radius 3 is 2.48 bits per heavy atom. The van der Waals surface area contributed by atoms with E-state index in [1.165, 1.54) is 10.4 Å². The molecule has 1 saturated heterocycles. The number of amides is 1. The molecule has 0 unspecified atom stereocenters. The van der Waals surface area contributed by atoms with Gasteiger partial charge in [-0.1, -0.05) is 11.6 Å². The number of piperazine rings is 1. The van der Waals surface area contributed by atoms with Gasteiger partial charge in [-0.15, -0.1) is 0 Å². The highest BCUT2D eigenvalue weighted by Crippen LogP contribution is 2.24. The van der Waals surface area contributed by atoms with E-state index in [1.807, 2.05) is 11.8 Å². The number of halogens is 2. The number of nitrogens with zero attached hydrogens (tertiary/aromatic N) is 2. The highest BCUT2D eigenvalue weighted by atomic mass is 35.5. The maximum Gasteiger partial charge on any atom is 0.243 e. The van der Waals surface area contributed by atoms with Gasteiger partial charge in [-0.05, 0) is 38.0 Å². The quantitative estimate of drug-likeness (QED) is 0.827. The predicted octanol–water partition coefficient (Wildman–Crippen LogP) is 1.45. The summed E-state index contributed by atoms with van der Waals surface area (Å²) in [6, 6.07) is 3.42. The average molecular weight is 390 g/mol. The van der Waals surface area contributed by atoms with Crippen LogP contribution in [0.2, 0.25) is 5.02 Å². The van der Waals surface area contributed by atoms with Crippen molar-refractivity contribution in [1.29, 1.82) is 0 Å². The Labute approximate surface area is 152 Å². The molecule has 1 aromatic rings. The summed E-state index contributed by atoms with van der Waals surface area (Å²) in [7, 11) is -3.72. The Morgan fingerprint density at radius 2 is 1.92 bits per heavy atom. The first-order valence-electron chi connectivity index (χ1n) is 8.28. The summed E-state index contributed by atoms with van der Waals surface area (Å²) in [5, 5.41) is 2.75. The second kappa shape index (κ2) is 7.19. The van der Waals surface area contributed by atoms with Gasteiger partial charge in [0, 0.05) is 32.2 Å². The molecule has 0 radical (unpaired) electrons. The first kappa shape index (κ1) is 18.6. The molecule has 1 heterocycles. The van der Waals surface area contributed by atoms with Gasteiger partial charge in [0.1, 0.15) is 5.82 Å². The average Bonchev–Trinajstić information content (AvgIpc) is 3.40. The molecule has 0 aromatic heterocycles. The van der Waals surface area contributed by atoms with Gasteiger partial charge in [0.15, 0.2) is 0 Å². The lowest BCUT2D eigenvalue weighted by Gasteiger charge is -2.36. The maximum absolute atomic E-state index is 13.3. The number of rotatable bonds is 5. The van der Waals surface area contributed by atoms with Crippen LogP contribution in [0.4, 0.5) is 4.39 Å². The van der Waals surface area contributed by atoms with Crippen LogP contribution in [0.5, 0.6) is 0 Å². The van der Waals surface area contributed by atoms with E-state index in [1.54, 1.807) is 0 Å². The molecule has 3 rings (SSSR count). The van der Waals surface area contributed by atoms with E-state index in [2.05, 4.69) is 5.32 Å². The van der Waals surface area contributed by atoms with Crippen molar-refractivity contribution in [2.75, 3.05) is 26.2 Å². The maximum atomic E-state index is 13.3. The van der Waals surface area contributed by atoms with Crippen molar-refractivity contribution in [3.05, 3.63) is 29.0 Å². The van der Waals surface area contributed by atoms with Crippen LogP contribution in [0, 0.1) is 5.82 Å². The fourth-order valence-corrected chi connectivity index (χ4v) is 4.53. The minimum atomic E-state index is -3.72. The lowest BCUT2D eigenvalue weighted by atomic mass is 10.2. The second-order valence-electron chi connectivity index (χ2n) is 6.47. The van der Waals surface area contributed by atoms with Crippen LogP contribution in [0.15, 0.2) is 23.1 Å². The topological polar surface area (TPSA) is 69.7 Å². The molecular weight excluding hydrogens is 369 g/mol. The first-order chi connectivity index (χ1) is 11.8. The minimum absolute atomic E-state index is 0.0101.